The van der Waals surface area contributed by atoms with Crippen molar-refractivity contribution in [1.29, 1.82) is 0 Å². The van der Waals surface area contributed by atoms with E-state index < -0.39 is 12.0 Å². The average Bonchev–Trinajstić information content (AvgIpc) is 3.04. The summed E-state index contributed by atoms with van der Waals surface area (Å²) in [4.78, 5) is 15.1. The van der Waals surface area contributed by atoms with Crippen LogP contribution in [-0.4, -0.2) is 53.3 Å². The van der Waals surface area contributed by atoms with Crippen molar-refractivity contribution >= 4 is 22.8 Å². The first-order chi connectivity index (χ1) is 11.6. The van der Waals surface area contributed by atoms with E-state index >= 15 is 0 Å². The second-order valence-corrected chi connectivity index (χ2v) is 6.54. The smallest absolute Gasteiger partial charge is 0.329 e. The van der Waals surface area contributed by atoms with E-state index in [9.17, 15) is 9.90 Å². The molecule has 0 amide bonds. The molecule has 0 aliphatic carbocycles. The van der Waals surface area contributed by atoms with Gasteiger partial charge in [0, 0.05) is 31.1 Å². The van der Waals surface area contributed by atoms with Gasteiger partial charge in [-0.25, -0.2) is 4.79 Å². The molecule has 0 saturated carbocycles. The number of aliphatic carboxylic acids is 1. The fourth-order valence-electron chi connectivity index (χ4n) is 2.32. The molecule has 132 valence electrons. The molecule has 0 unspecified atom stereocenters. The summed E-state index contributed by atoms with van der Waals surface area (Å²) in [6, 6.07) is 4.31. The Balaban J connectivity index is 1.82. The molecule has 2 rings (SSSR count). The standard InChI is InChI=1S/C17H23NO5S/c1-22-8-4-2-3-5-9-23-12-6-7-13(15(19)10-12)16-18-14(11-24-16)17(20)21/h6-7,10,14,19H,2-5,8-9,11H2,1H3,(H,20,21)/t14-/m1/s1. The van der Waals surface area contributed by atoms with Gasteiger partial charge in [-0.15, -0.1) is 11.8 Å². The third kappa shape index (κ3) is 5.42. The highest BCUT2D eigenvalue weighted by Crippen LogP contribution is 2.31. The maximum Gasteiger partial charge on any atom is 0.329 e. The first-order valence-electron chi connectivity index (χ1n) is 8.00. The third-order valence-electron chi connectivity index (χ3n) is 3.65. The van der Waals surface area contributed by atoms with Crippen molar-refractivity contribution in [3.8, 4) is 11.5 Å². The molecule has 1 aromatic rings. The van der Waals surface area contributed by atoms with Gasteiger partial charge >= 0.3 is 5.97 Å². The number of nitrogens with zero attached hydrogens (tertiary/aromatic N) is 1. The van der Waals surface area contributed by atoms with Crippen LogP contribution in [-0.2, 0) is 9.53 Å². The topological polar surface area (TPSA) is 88.4 Å². The second-order valence-electron chi connectivity index (χ2n) is 5.53. The van der Waals surface area contributed by atoms with Gasteiger partial charge in [0.2, 0.25) is 0 Å². The number of rotatable bonds is 10. The van der Waals surface area contributed by atoms with E-state index in [1.54, 1.807) is 25.3 Å². The predicted octanol–water partition coefficient (Wildman–Crippen LogP) is 2.92. The molecule has 2 N–H and O–H groups in total. The Kier molecular flexibility index (Phi) is 7.39. The van der Waals surface area contributed by atoms with Crippen LogP contribution in [0.2, 0.25) is 0 Å². The number of carbonyl (C=O) groups is 1. The number of phenols is 1. The van der Waals surface area contributed by atoms with E-state index in [4.69, 9.17) is 14.6 Å². The number of aliphatic imine (C=N–C) groups is 1. The number of benzene rings is 1. The van der Waals surface area contributed by atoms with Gasteiger partial charge in [-0.2, -0.15) is 0 Å². The van der Waals surface area contributed by atoms with Gasteiger partial charge in [0.25, 0.3) is 0 Å². The van der Waals surface area contributed by atoms with Crippen LogP contribution in [0.3, 0.4) is 0 Å². The van der Waals surface area contributed by atoms with Crippen molar-refractivity contribution in [1.82, 2.24) is 0 Å². The zero-order valence-electron chi connectivity index (χ0n) is 13.7. The van der Waals surface area contributed by atoms with Crippen LogP contribution in [0.1, 0.15) is 31.2 Å². The van der Waals surface area contributed by atoms with Crippen LogP contribution in [0.25, 0.3) is 0 Å². The summed E-state index contributed by atoms with van der Waals surface area (Å²) in [6.07, 6.45) is 4.21. The normalized spacial score (nSPS) is 16.9. The van der Waals surface area contributed by atoms with Crippen LogP contribution in [0, 0.1) is 0 Å². The number of hydrogen-bond donors (Lipinski definition) is 2. The molecule has 1 aliphatic heterocycles. The van der Waals surface area contributed by atoms with Crippen LogP contribution < -0.4 is 4.74 Å². The van der Waals surface area contributed by atoms with Gasteiger partial charge in [0.15, 0.2) is 6.04 Å². The Bertz CT molecular complexity index is 590. The largest absolute Gasteiger partial charge is 0.507 e. The highest BCUT2D eigenvalue weighted by Gasteiger charge is 2.26. The molecule has 7 heteroatoms. The average molecular weight is 353 g/mol. The third-order valence-corrected chi connectivity index (χ3v) is 4.73. The maximum absolute atomic E-state index is 10.9. The zero-order chi connectivity index (χ0) is 17.4. The molecule has 0 fully saturated rings. The van der Waals surface area contributed by atoms with Crippen LogP contribution in [0.5, 0.6) is 11.5 Å². The molecule has 1 heterocycles. The first kappa shape index (κ1) is 18.6. The molecule has 0 spiro atoms. The number of hydrogen-bond acceptors (Lipinski definition) is 6. The monoisotopic (exact) mass is 353 g/mol. The number of carboxylic acids is 1. The molecule has 1 atom stereocenters. The quantitative estimate of drug-likeness (QED) is 0.629. The van der Waals surface area contributed by atoms with Crippen molar-refractivity contribution in [2.24, 2.45) is 4.99 Å². The summed E-state index contributed by atoms with van der Waals surface area (Å²) in [5, 5.41) is 19.7. The Morgan fingerprint density at radius 2 is 2.04 bits per heavy atom. The SMILES string of the molecule is COCCCCCCOc1ccc(C2=N[C@@H](C(=O)O)CS2)c(O)c1. The van der Waals surface area contributed by atoms with E-state index in [1.165, 1.54) is 11.8 Å². The minimum Gasteiger partial charge on any atom is -0.507 e. The van der Waals surface area contributed by atoms with E-state index in [-0.39, 0.29) is 5.75 Å². The molecule has 0 saturated heterocycles. The Hall–Kier alpha value is -1.73. The number of phenolic OH excluding ortho intramolecular Hbond substituents is 1. The Labute approximate surface area is 145 Å². The van der Waals surface area contributed by atoms with Gasteiger partial charge in [-0.05, 0) is 31.4 Å². The lowest BCUT2D eigenvalue weighted by molar-refractivity contribution is -0.137. The first-order valence-corrected chi connectivity index (χ1v) is 8.99. The maximum atomic E-state index is 10.9. The second kappa shape index (κ2) is 9.54. The highest BCUT2D eigenvalue weighted by atomic mass is 32.2. The van der Waals surface area contributed by atoms with Crippen molar-refractivity contribution in [2.75, 3.05) is 26.1 Å². The summed E-state index contributed by atoms with van der Waals surface area (Å²) in [7, 11) is 1.71. The van der Waals surface area contributed by atoms with Crippen molar-refractivity contribution in [2.45, 2.75) is 31.7 Å². The summed E-state index contributed by atoms with van der Waals surface area (Å²) in [6.45, 7) is 1.39. The van der Waals surface area contributed by atoms with Crippen LogP contribution in [0.4, 0.5) is 0 Å². The Morgan fingerprint density at radius 1 is 1.29 bits per heavy atom. The lowest BCUT2D eigenvalue weighted by atomic mass is 10.2. The van der Waals surface area contributed by atoms with Gasteiger partial charge < -0.3 is 19.7 Å². The molecule has 1 aromatic carbocycles. The predicted molar refractivity (Wildman–Crippen MR) is 94.4 cm³/mol. The number of ether oxygens (including phenoxy) is 2. The number of aromatic hydroxyl groups is 1. The van der Waals surface area contributed by atoms with Crippen molar-refractivity contribution < 1.29 is 24.5 Å². The summed E-state index contributed by atoms with van der Waals surface area (Å²) >= 11 is 1.34. The van der Waals surface area contributed by atoms with E-state index in [1.807, 2.05) is 0 Å². The molecule has 0 aromatic heterocycles. The highest BCUT2D eigenvalue weighted by molar-refractivity contribution is 8.14. The summed E-state index contributed by atoms with van der Waals surface area (Å²) in [5.74, 6) is 0.115. The van der Waals surface area contributed by atoms with Gasteiger partial charge in [-0.3, -0.25) is 4.99 Å². The van der Waals surface area contributed by atoms with E-state index in [0.717, 1.165) is 32.3 Å². The fraction of sp³-hybridized carbons (Fsp3) is 0.529. The van der Waals surface area contributed by atoms with Crippen LogP contribution in [0.15, 0.2) is 23.2 Å². The number of thioether (sulfide) groups is 1. The van der Waals surface area contributed by atoms with Crippen molar-refractivity contribution in [3.63, 3.8) is 0 Å². The molecule has 1 aliphatic rings. The summed E-state index contributed by atoms with van der Waals surface area (Å²) in [5.41, 5.74) is 0.552. The Morgan fingerprint density at radius 3 is 2.67 bits per heavy atom. The van der Waals surface area contributed by atoms with Gasteiger partial charge in [0.1, 0.15) is 16.5 Å². The fourth-order valence-corrected chi connectivity index (χ4v) is 3.38. The molecular formula is C17H23NO5S. The zero-order valence-corrected chi connectivity index (χ0v) is 14.6. The van der Waals surface area contributed by atoms with E-state index in [0.29, 0.717) is 28.7 Å². The van der Waals surface area contributed by atoms with Crippen LogP contribution >= 0.6 is 11.8 Å². The van der Waals surface area contributed by atoms with Gasteiger partial charge in [0.05, 0.1) is 6.61 Å². The number of methoxy groups -OCH3 is 1. The lowest BCUT2D eigenvalue weighted by Crippen LogP contribution is -2.17. The van der Waals surface area contributed by atoms with Gasteiger partial charge in [-0.1, -0.05) is 6.42 Å². The van der Waals surface area contributed by atoms with Crippen molar-refractivity contribution in [3.05, 3.63) is 23.8 Å². The number of carboxylic acid groups (broad SMARTS) is 1. The number of unbranched alkanes of at least 4 members (excludes halogenated alkanes) is 3. The van der Waals surface area contributed by atoms with E-state index in [2.05, 4.69) is 4.99 Å². The minimum absolute atomic E-state index is 0.0601. The summed E-state index contributed by atoms with van der Waals surface area (Å²) < 4.78 is 10.6. The molecule has 0 radical (unpaired) electrons. The molecular weight excluding hydrogens is 330 g/mol. The molecule has 0 bridgehead atoms. The lowest BCUT2D eigenvalue weighted by Gasteiger charge is -2.09. The molecule has 24 heavy (non-hydrogen) atoms. The minimum atomic E-state index is -0.942. The molecule has 6 nitrogen and oxygen atoms in total.